The molecule has 0 aliphatic rings. The van der Waals surface area contributed by atoms with Gasteiger partial charge in [0.1, 0.15) is 5.75 Å². The van der Waals surface area contributed by atoms with E-state index in [1.54, 1.807) is 35.7 Å². The Labute approximate surface area is 188 Å². The van der Waals surface area contributed by atoms with E-state index in [-0.39, 0.29) is 29.8 Å². The lowest BCUT2D eigenvalue weighted by atomic mass is 10.2. The number of hydrogen-bond acceptors (Lipinski definition) is 7. The first-order valence-corrected chi connectivity index (χ1v) is 11.2. The molecule has 0 unspecified atom stereocenters. The second-order valence-corrected chi connectivity index (χ2v) is 8.58. The smallest absolute Gasteiger partial charge is 0.230 e. The number of ketones is 1. The number of thiazole rings is 1. The van der Waals surface area contributed by atoms with Crippen molar-refractivity contribution in [3.63, 3.8) is 0 Å². The molecule has 1 heterocycles. The fraction of sp³-hybridized carbons (Fsp3) is 0.182. The van der Waals surface area contributed by atoms with E-state index in [2.05, 4.69) is 15.6 Å². The number of anilines is 2. The highest BCUT2D eigenvalue weighted by Gasteiger charge is 2.13. The van der Waals surface area contributed by atoms with Crippen molar-refractivity contribution in [1.29, 1.82) is 0 Å². The van der Waals surface area contributed by atoms with Crippen LogP contribution in [0.4, 0.5) is 11.4 Å². The maximum absolute atomic E-state index is 12.5. The van der Waals surface area contributed by atoms with E-state index in [0.29, 0.717) is 28.4 Å². The lowest BCUT2D eigenvalue weighted by molar-refractivity contribution is -0.116. The molecule has 2 N–H and O–H groups in total. The number of nitrogens with zero attached hydrogens (tertiary/aromatic N) is 1. The molecule has 0 bridgehead atoms. The van der Waals surface area contributed by atoms with Crippen LogP contribution in [0.25, 0.3) is 0 Å². The van der Waals surface area contributed by atoms with Gasteiger partial charge in [0, 0.05) is 23.6 Å². The van der Waals surface area contributed by atoms with Crippen LogP contribution in [0.1, 0.15) is 23.0 Å². The van der Waals surface area contributed by atoms with Crippen LogP contribution in [0.3, 0.4) is 0 Å². The number of rotatable bonds is 9. The van der Waals surface area contributed by atoms with Gasteiger partial charge in [-0.2, -0.15) is 0 Å². The highest BCUT2D eigenvalue weighted by molar-refractivity contribution is 8.01. The first-order valence-electron chi connectivity index (χ1n) is 9.35. The molecule has 0 atom stereocenters. The van der Waals surface area contributed by atoms with E-state index in [1.165, 1.54) is 37.1 Å². The Balaban J connectivity index is 1.57. The Morgan fingerprint density at radius 3 is 2.58 bits per heavy atom. The van der Waals surface area contributed by atoms with Gasteiger partial charge >= 0.3 is 0 Å². The number of carbonyl (C=O) groups excluding carboxylic acids is 3. The van der Waals surface area contributed by atoms with E-state index in [4.69, 9.17) is 4.74 Å². The molecule has 2 amide bonds. The van der Waals surface area contributed by atoms with Crippen LogP contribution in [0, 0.1) is 0 Å². The van der Waals surface area contributed by atoms with Crippen molar-refractivity contribution >= 4 is 52.1 Å². The van der Waals surface area contributed by atoms with E-state index >= 15 is 0 Å². The normalized spacial score (nSPS) is 10.4. The summed E-state index contributed by atoms with van der Waals surface area (Å²) in [6.45, 7) is 1.41. The van der Waals surface area contributed by atoms with Crippen LogP contribution in [0.15, 0.2) is 58.3 Å². The van der Waals surface area contributed by atoms with Crippen molar-refractivity contribution in [2.45, 2.75) is 17.7 Å². The number of methoxy groups -OCH3 is 1. The summed E-state index contributed by atoms with van der Waals surface area (Å²) in [5.41, 5.74) is 2.30. The van der Waals surface area contributed by atoms with Gasteiger partial charge in [0.05, 0.1) is 30.7 Å². The van der Waals surface area contributed by atoms with Crippen molar-refractivity contribution in [3.8, 4) is 5.75 Å². The average Bonchev–Trinajstić information content (AvgIpc) is 3.19. The minimum atomic E-state index is -0.263. The summed E-state index contributed by atoms with van der Waals surface area (Å²) < 4.78 is 6.01. The van der Waals surface area contributed by atoms with Gasteiger partial charge in [-0.05, 0) is 18.2 Å². The number of nitrogens with one attached hydrogen (secondary N) is 2. The molecular weight excluding hydrogens is 434 g/mol. The van der Waals surface area contributed by atoms with Crippen molar-refractivity contribution < 1.29 is 19.1 Å². The largest absolute Gasteiger partial charge is 0.495 e. The molecule has 31 heavy (non-hydrogen) atoms. The lowest BCUT2D eigenvalue weighted by Gasteiger charge is -2.12. The number of carbonyl (C=O) groups is 3. The van der Waals surface area contributed by atoms with Gasteiger partial charge in [0.2, 0.25) is 11.8 Å². The Bertz CT molecular complexity index is 1080. The van der Waals surface area contributed by atoms with Gasteiger partial charge in [-0.15, -0.1) is 11.3 Å². The van der Waals surface area contributed by atoms with Crippen LogP contribution < -0.4 is 15.4 Å². The molecule has 0 spiro atoms. The third-order valence-electron chi connectivity index (χ3n) is 4.09. The number of thioether (sulfide) groups is 1. The Morgan fingerprint density at radius 2 is 1.87 bits per heavy atom. The summed E-state index contributed by atoms with van der Waals surface area (Å²) in [5.74, 6) is 0.333. The molecule has 3 rings (SSSR count). The zero-order valence-electron chi connectivity index (χ0n) is 17.0. The van der Waals surface area contributed by atoms with Crippen LogP contribution >= 0.6 is 23.1 Å². The van der Waals surface area contributed by atoms with E-state index in [9.17, 15) is 14.4 Å². The van der Waals surface area contributed by atoms with Gasteiger partial charge in [0.25, 0.3) is 0 Å². The topological polar surface area (TPSA) is 97.4 Å². The summed E-state index contributed by atoms with van der Waals surface area (Å²) in [5, 5.41) is 7.27. The summed E-state index contributed by atoms with van der Waals surface area (Å²) in [6, 6.07) is 14.1. The van der Waals surface area contributed by atoms with Crippen molar-refractivity contribution in [1.82, 2.24) is 4.98 Å². The predicted octanol–water partition coefficient (Wildman–Crippen LogP) is 4.27. The van der Waals surface area contributed by atoms with Crippen molar-refractivity contribution in [2.75, 3.05) is 23.5 Å². The van der Waals surface area contributed by atoms with Crippen LogP contribution in [-0.4, -0.2) is 35.4 Å². The summed E-state index contributed by atoms with van der Waals surface area (Å²) in [7, 11) is 1.50. The molecule has 160 valence electrons. The molecule has 0 saturated carbocycles. The Morgan fingerprint density at radius 1 is 1.10 bits per heavy atom. The minimum absolute atomic E-state index is 0.0336. The van der Waals surface area contributed by atoms with E-state index in [0.717, 1.165) is 4.34 Å². The highest BCUT2D eigenvalue weighted by Crippen LogP contribution is 2.28. The second-order valence-electron chi connectivity index (χ2n) is 6.50. The number of amides is 2. The van der Waals surface area contributed by atoms with E-state index < -0.39 is 0 Å². The van der Waals surface area contributed by atoms with Gasteiger partial charge in [-0.25, -0.2) is 4.98 Å². The van der Waals surface area contributed by atoms with Crippen LogP contribution in [0.5, 0.6) is 5.75 Å². The third kappa shape index (κ3) is 6.66. The number of benzene rings is 2. The van der Waals surface area contributed by atoms with Gasteiger partial charge in [-0.3, -0.25) is 14.4 Å². The maximum Gasteiger partial charge on any atom is 0.230 e. The molecule has 0 saturated heterocycles. The molecule has 3 aromatic rings. The summed E-state index contributed by atoms with van der Waals surface area (Å²) in [4.78, 5) is 40.4. The zero-order chi connectivity index (χ0) is 22.2. The molecule has 2 aromatic carbocycles. The van der Waals surface area contributed by atoms with E-state index in [1.807, 2.05) is 18.2 Å². The molecule has 0 aliphatic heterocycles. The fourth-order valence-electron chi connectivity index (χ4n) is 2.72. The quantitative estimate of drug-likeness (QED) is 0.369. The Hall–Kier alpha value is -3.17. The Kier molecular flexibility index (Phi) is 7.80. The fourth-order valence-corrected chi connectivity index (χ4v) is 4.46. The molecule has 1 aromatic heterocycles. The van der Waals surface area contributed by atoms with Gasteiger partial charge < -0.3 is 15.4 Å². The first-order chi connectivity index (χ1) is 14.9. The molecule has 0 radical (unpaired) electrons. The number of ether oxygens (including phenoxy) is 1. The molecule has 0 aliphatic carbocycles. The zero-order valence-corrected chi connectivity index (χ0v) is 18.6. The maximum atomic E-state index is 12.5. The van der Waals surface area contributed by atoms with Crippen molar-refractivity contribution in [2.24, 2.45) is 0 Å². The lowest BCUT2D eigenvalue weighted by Crippen LogP contribution is -2.15. The summed E-state index contributed by atoms with van der Waals surface area (Å²) in [6.07, 6.45) is 0.0806. The number of hydrogen-bond donors (Lipinski definition) is 2. The SMILES string of the molecule is COc1ccc(NC(C)=O)cc1NC(=O)Cc1csc(SCC(=O)c2ccccc2)n1. The number of Topliss-reactive ketones (excluding diaryl/α,β-unsaturated/α-hetero) is 1. The standard InChI is InChI=1S/C22H21N3O4S2/c1-14(26)23-16-8-9-20(29-2)18(10-16)25-21(28)11-17-12-30-22(24-17)31-13-19(27)15-6-4-3-5-7-15/h3-10,12H,11,13H2,1-2H3,(H,23,26)(H,25,28). The third-order valence-corrected chi connectivity index (χ3v) is 6.16. The molecule has 7 nitrogen and oxygen atoms in total. The van der Waals surface area contributed by atoms with Crippen LogP contribution in [-0.2, 0) is 16.0 Å². The second kappa shape index (κ2) is 10.7. The summed E-state index contributed by atoms with van der Waals surface area (Å²) >= 11 is 2.75. The molecule has 9 heteroatoms. The molecule has 0 fully saturated rings. The predicted molar refractivity (Wildman–Crippen MR) is 123 cm³/mol. The monoisotopic (exact) mass is 455 g/mol. The van der Waals surface area contributed by atoms with Crippen molar-refractivity contribution in [3.05, 3.63) is 65.2 Å². The first kappa shape index (κ1) is 22.5. The van der Waals surface area contributed by atoms with Gasteiger partial charge in [-0.1, -0.05) is 42.1 Å². The average molecular weight is 456 g/mol. The minimum Gasteiger partial charge on any atom is -0.495 e. The number of aromatic nitrogens is 1. The highest BCUT2D eigenvalue weighted by atomic mass is 32.2. The van der Waals surface area contributed by atoms with Crippen LogP contribution in [0.2, 0.25) is 0 Å². The van der Waals surface area contributed by atoms with Gasteiger partial charge in [0.15, 0.2) is 10.1 Å². The molecular formula is C22H21N3O4S2.